The number of nitrogens with zero attached hydrogens (tertiary/aromatic N) is 1. The van der Waals surface area contributed by atoms with Crippen LogP contribution in [0.15, 0.2) is 52.9 Å². The number of esters is 1. The molecule has 6 heteroatoms. The fraction of sp³-hybridized carbons (Fsp3) is 0.304. The molecular formula is C23H25NO4S. The van der Waals surface area contributed by atoms with Crippen molar-refractivity contribution in [2.24, 2.45) is 0 Å². The third kappa shape index (κ3) is 6.12. The van der Waals surface area contributed by atoms with E-state index in [0.717, 1.165) is 34.1 Å². The molecule has 0 N–H and O–H groups in total. The van der Waals surface area contributed by atoms with Gasteiger partial charge in [-0.05, 0) is 43.7 Å². The molecule has 0 spiro atoms. The number of carbonyl (C=O) groups excluding carboxylic acids is 1. The lowest BCUT2D eigenvalue weighted by atomic mass is 10.1. The van der Waals surface area contributed by atoms with Crippen LogP contribution in [0.25, 0.3) is 11.5 Å². The van der Waals surface area contributed by atoms with Crippen LogP contribution in [-0.4, -0.2) is 30.4 Å². The quantitative estimate of drug-likeness (QED) is 0.463. The van der Waals surface area contributed by atoms with Crippen molar-refractivity contribution in [1.29, 1.82) is 0 Å². The van der Waals surface area contributed by atoms with E-state index in [0.29, 0.717) is 24.7 Å². The summed E-state index contributed by atoms with van der Waals surface area (Å²) in [7, 11) is 1.40. The van der Waals surface area contributed by atoms with Gasteiger partial charge in [0.2, 0.25) is 5.89 Å². The van der Waals surface area contributed by atoms with Crippen LogP contribution in [0.1, 0.15) is 22.6 Å². The Hall–Kier alpha value is -2.73. The maximum absolute atomic E-state index is 11.2. The average molecular weight is 412 g/mol. The number of hydrogen-bond donors (Lipinski definition) is 0. The summed E-state index contributed by atoms with van der Waals surface area (Å²) in [5, 5.41) is 0. The van der Waals surface area contributed by atoms with Crippen molar-refractivity contribution in [3.05, 3.63) is 71.1 Å². The molecule has 0 aliphatic carbocycles. The molecule has 0 aliphatic rings. The van der Waals surface area contributed by atoms with Crippen LogP contribution in [0.3, 0.4) is 0 Å². The van der Waals surface area contributed by atoms with E-state index in [4.69, 9.17) is 9.15 Å². The summed E-state index contributed by atoms with van der Waals surface area (Å²) in [6.07, 6.45) is 0.669. The Balaban J connectivity index is 1.53. The minimum atomic E-state index is -0.213. The summed E-state index contributed by atoms with van der Waals surface area (Å²) in [6.45, 7) is 4.50. The molecular weight excluding hydrogens is 386 g/mol. The maximum Gasteiger partial charge on any atom is 0.315 e. The number of methoxy groups -OCH3 is 1. The Bertz CT molecular complexity index is 950. The number of thioether (sulfide) groups is 1. The van der Waals surface area contributed by atoms with E-state index in [1.807, 2.05) is 55.5 Å². The number of rotatable bonds is 9. The molecule has 5 nitrogen and oxygen atoms in total. The molecule has 1 aromatic heterocycles. The summed E-state index contributed by atoms with van der Waals surface area (Å²) in [5.74, 6) is 3.13. The van der Waals surface area contributed by atoms with E-state index in [-0.39, 0.29) is 5.97 Å². The third-order valence-electron chi connectivity index (χ3n) is 4.41. The highest BCUT2D eigenvalue weighted by molar-refractivity contribution is 7.99. The van der Waals surface area contributed by atoms with Crippen LogP contribution in [0.2, 0.25) is 0 Å². The summed E-state index contributed by atoms with van der Waals surface area (Å²) in [4.78, 5) is 15.8. The summed E-state index contributed by atoms with van der Waals surface area (Å²) in [5.41, 5.74) is 4.20. The van der Waals surface area contributed by atoms with Gasteiger partial charge in [-0.3, -0.25) is 4.79 Å². The van der Waals surface area contributed by atoms with Gasteiger partial charge in [0.25, 0.3) is 0 Å². The molecule has 0 aliphatic heterocycles. The lowest BCUT2D eigenvalue weighted by molar-refractivity contribution is -0.137. The van der Waals surface area contributed by atoms with Gasteiger partial charge in [0, 0.05) is 17.7 Å². The van der Waals surface area contributed by atoms with Crippen molar-refractivity contribution in [1.82, 2.24) is 4.98 Å². The Morgan fingerprint density at radius 1 is 1.14 bits per heavy atom. The van der Waals surface area contributed by atoms with Gasteiger partial charge < -0.3 is 13.9 Å². The molecule has 29 heavy (non-hydrogen) atoms. The molecule has 1 heterocycles. The smallest absolute Gasteiger partial charge is 0.315 e. The molecule has 0 atom stereocenters. The third-order valence-corrected chi connectivity index (χ3v) is 5.39. The normalized spacial score (nSPS) is 10.7. The number of aryl methyl sites for hydroxylation is 2. The highest BCUT2D eigenvalue weighted by Crippen LogP contribution is 2.23. The zero-order chi connectivity index (χ0) is 20.6. The molecule has 3 aromatic rings. The predicted octanol–water partition coefficient (Wildman–Crippen LogP) is 4.99. The molecule has 152 valence electrons. The second kappa shape index (κ2) is 10.2. The van der Waals surface area contributed by atoms with Crippen molar-refractivity contribution in [2.75, 3.05) is 19.5 Å². The SMILES string of the molecule is COC(=O)CSCc1cccc(OCCc2nc(-c3ccc(C)cc3)oc2C)c1. The summed E-state index contributed by atoms with van der Waals surface area (Å²) < 4.78 is 16.4. The Labute approximate surface area is 175 Å². The van der Waals surface area contributed by atoms with E-state index >= 15 is 0 Å². The van der Waals surface area contributed by atoms with Gasteiger partial charge in [0.15, 0.2) is 0 Å². The van der Waals surface area contributed by atoms with Crippen molar-refractivity contribution in [2.45, 2.75) is 26.0 Å². The molecule has 0 unspecified atom stereocenters. The van der Waals surface area contributed by atoms with E-state index in [2.05, 4.69) is 16.6 Å². The minimum absolute atomic E-state index is 0.213. The molecule has 0 fully saturated rings. The average Bonchev–Trinajstić information content (AvgIpc) is 3.09. The van der Waals surface area contributed by atoms with Crippen molar-refractivity contribution >= 4 is 17.7 Å². The zero-order valence-corrected chi connectivity index (χ0v) is 17.8. The van der Waals surface area contributed by atoms with Gasteiger partial charge >= 0.3 is 5.97 Å². The van der Waals surface area contributed by atoms with Gasteiger partial charge in [0.05, 0.1) is 25.2 Å². The van der Waals surface area contributed by atoms with E-state index < -0.39 is 0 Å². The zero-order valence-electron chi connectivity index (χ0n) is 16.9. The lowest BCUT2D eigenvalue weighted by Crippen LogP contribution is -2.04. The molecule has 0 saturated heterocycles. The van der Waals surface area contributed by atoms with Crippen molar-refractivity contribution in [3.8, 4) is 17.2 Å². The monoisotopic (exact) mass is 411 g/mol. The minimum Gasteiger partial charge on any atom is -0.493 e. The highest BCUT2D eigenvalue weighted by atomic mass is 32.2. The van der Waals surface area contributed by atoms with Crippen LogP contribution in [0.5, 0.6) is 5.75 Å². The van der Waals surface area contributed by atoms with Gasteiger partial charge in [-0.25, -0.2) is 4.98 Å². The second-order valence-electron chi connectivity index (χ2n) is 6.70. The number of aromatic nitrogens is 1. The summed E-state index contributed by atoms with van der Waals surface area (Å²) >= 11 is 1.52. The molecule has 3 rings (SSSR count). The van der Waals surface area contributed by atoms with Crippen LogP contribution >= 0.6 is 11.8 Å². The van der Waals surface area contributed by atoms with E-state index in [9.17, 15) is 4.79 Å². The molecule has 2 aromatic carbocycles. The number of benzene rings is 2. The number of ether oxygens (including phenoxy) is 2. The highest BCUT2D eigenvalue weighted by Gasteiger charge is 2.11. The fourth-order valence-corrected chi connectivity index (χ4v) is 3.58. The Morgan fingerprint density at radius 2 is 1.93 bits per heavy atom. The van der Waals surface area contributed by atoms with Crippen LogP contribution < -0.4 is 4.74 Å². The summed E-state index contributed by atoms with van der Waals surface area (Å²) in [6, 6.07) is 16.0. The van der Waals surface area contributed by atoms with Crippen molar-refractivity contribution in [3.63, 3.8) is 0 Å². The standard InChI is InChI=1S/C23H25NO4S/c1-16-7-9-19(10-8-16)23-24-21(17(2)28-23)11-12-27-20-6-4-5-18(13-20)14-29-15-22(25)26-3/h4-10,13H,11-12,14-15H2,1-3H3. The molecule has 0 radical (unpaired) electrons. The number of carbonyl (C=O) groups is 1. The van der Waals surface area contributed by atoms with Gasteiger partial charge in [-0.2, -0.15) is 0 Å². The maximum atomic E-state index is 11.2. The van der Waals surface area contributed by atoms with Gasteiger partial charge in [-0.15, -0.1) is 11.8 Å². The second-order valence-corrected chi connectivity index (χ2v) is 7.69. The Morgan fingerprint density at radius 3 is 2.69 bits per heavy atom. The molecule has 0 saturated carbocycles. The largest absolute Gasteiger partial charge is 0.493 e. The topological polar surface area (TPSA) is 61.6 Å². The first-order valence-corrected chi connectivity index (χ1v) is 10.6. The van der Waals surface area contributed by atoms with Crippen LogP contribution in [-0.2, 0) is 21.7 Å². The number of hydrogen-bond acceptors (Lipinski definition) is 6. The van der Waals surface area contributed by atoms with Crippen LogP contribution in [0.4, 0.5) is 0 Å². The predicted molar refractivity (Wildman–Crippen MR) is 115 cm³/mol. The van der Waals surface area contributed by atoms with E-state index in [1.54, 1.807) is 0 Å². The van der Waals surface area contributed by atoms with Gasteiger partial charge in [-0.1, -0.05) is 29.8 Å². The van der Waals surface area contributed by atoms with E-state index in [1.165, 1.54) is 24.4 Å². The lowest BCUT2D eigenvalue weighted by Gasteiger charge is -2.07. The van der Waals surface area contributed by atoms with Crippen molar-refractivity contribution < 1.29 is 18.7 Å². The first-order valence-electron chi connectivity index (χ1n) is 9.45. The van der Waals surface area contributed by atoms with Gasteiger partial charge in [0.1, 0.15) is 11.5 Å². The first-order chi connectivity index (χ1) is 14.0. The van der Waals surface area contributed by atoms with Crippen LogP contribution in [0, 0.1) is 13.8 Å². The Kier molecular flexibility index (Phi) is 7.36. The first kappa shape index (κ1) is 21.0. The molecule has 0 bridgehead atoms. The number of oxazole rings is 1. The fourth-order valence-electron chi connectivity index (χ4n) is 2.78. The molecule has 0 amide bonds.